The van der Waals surface area contributed by atoms with Gasteiger partial charge in [0.1, 0.15) is 11.8 Å². The maximum absolute atomic E-state index is 11.3. The lowest BCUT2D eigenvalue weighted by Gasteiger charge is -2.13. The third-order valence-corrected chi connectivity index (χ3v) is 3.20. The van der Waals surface area contributed by atoms with Gasteiger partial charge in [0, 0.05) is 6.42 Å². The number of hydrogen-bond acceptors (Lipinski definition) is 3. The highest BCUT2D eigenvalue weighted by Gasteiger charge is 2.23. The number of Topliss-reactive ketones (excluding diaryl/α,β-unsaturated/α-hetero) is 1. The first-order valence-electron chi connectivity index (χ1n) is 4.01. The van der Waals surface area contributed by atoms with Gasteiger partial charge < -0.3 is 10.8 Å². The van der Waals surface area contributed by atoms with Crippen molar-refractivity contribution in [2.75, 3.05) is 0 Å². The van der Waals surface area contributed by atoms with Gasteiger partial charge >= 0.3 is 5.97 Å². The third kappa shape index (κ3) is 4.38. The summed E-state index contributed by atoms with van der Waals surface area (Å²) in [5.74, 6) is -1.16. The number of ketones is 1. The highest BCUT2D eigenvalue weighted by atomic mass is 79.9. The number of halogens is 1. The maximum Gasteiger partial charge on any atom is 0.320 e. The Balaban J connectivity index is 4.08. The molecule has 76 valence electrons. The first-order valence-corrected chi connectivity index (χ1v) is 4.93. The molecule has 2 atom stereocenters. The summed E-state index contributed by atoms with van der Waals surface area (Å²) < 4.78 is 0. The monoisotopic (exact) mass is 251 g/mol. The van der Waals surface area contributed by atoms with Crippen LogP contribution in [0.3, 0.4) is 0 Å². The number of nitrogens with two attached hydrogens (primary N) is 1. The molecular formula is C8H14BrNO3. The molecule has 0 heterocycles. The summed E-state index contributed by atoms with van der Waals surface area (Å²) in [6.07, 6.45) is -0.122. The fraction of sp³-hybridized carbons (Fsp3) is 0.750. The summed E-state index contributed by atoms with van der Waals surface area (Å²) in [4.78, 5) is 21.3. The fourth-order valence-corrected chi connectivity index (χ4v) is 0.975. The van der Waals surface area contributed by atoms with Crippen molar-refractivity contribution in [3.05, 3.63) is 0 Å². The van der Waals surface area contributed by atoms with E-state index in [2.05, 4.69) is 15.9 Å². The second kappa shape index (κ2) is 5.34. The van der Waals surface area contributed by atoms with Gasteiger partial charge in [-0.15, -0.1) is 0 Å². The number of aliphatic carboxylic acids is 1. The van der Waals surface area contributed by atoms with E-state index in [1.165, 1.54) is 0 Å². The zero-order chi connectivity index (χ0) is 10.6. The Morgan fingerprint density at radius 3 is 2.23 bits per heavy atom. The Labute approximate surface area is 85.6 Å². The maximum atomic E-state index is 11.3. The Morgan fingerprint density at radius 1 is 1.46 bits per heavy atom. The van der Waals surface area contributed by atoms with Gasteiger partial charge in [0.2, 0.25) is 0 Å². The van der Waals surface area contributed by atoms with E-state index in [-0.39, 0.29) is 22.9 Å². The Bertz CT molecular complexity index is 206. The van der Waals surface area contributed by atoms with Crippen molar-refractivity contribution in [1.82, 2.24) is 0 Å². The van der Waals surface area contributed by atoms with Crippen LogP contribution in [-0.4, -0.2) is 27.7 Å². The molecule has 0 aliphatic rings. The molecule has 0 fully saturated rings. The Morgan fingerprint density at radius 2 is 1.92 bits per heavy atom. The average Bonchev–Trinajstić information content (AvgIpc) is 2.02. The quantitative estimate of drug-likeness (QED) is 0.708. The molecule has 0 aliphatic carbocycles. The van der Waals surface area contributed by atoms with Gasteiger partial charge in [-0.1, -0.05) is 29.8 Å². The SMILES string of the molecule is CC(C)C(Br)C(=O)CC(N)C(=O)O. The van der Waals surface area contributed by atoms with E-state index in [4.69, 9.17) is 10.8 Å². The van der Waals surface area contributed by atoms with Gasteiger partial charge in [-0.05, 0) is 5.92 Å². The highest BCUT2D eigenvalue weighted by molar-refractivity contribution is 9.10. The standard InChI is InChI=1S/C8H14BrNO3/c1-4(2)7(9)6(11)3-5(10)8(12)13/h4-5,7H,3,10H2,1-2H3,(H,12,13). The van der Waals surface area contributed by atoms with Crippen molar-refractivity contribution in [2.45, 2.75) is 31.1 Å². The van der Waals surface area contributed by atoms with Gasteiger partial charge in [-0.2, -0.15) is 0 Å². The molecule has 0 rings (SSSR count). The second-order valence-electron chi connectivity index (χ2n) is 3.26. The molecule has 3 N–H and O–H groups in total. The van der Waals surface area contributed by atoms with Gasteiger partial charge in [0.05, 0.1) is 4.83 Å². The number of carbonyl (C=O) groups is 2. The van der Waals surface area contributed by atoms with Crippen LogP contribution < -0.4 is 5.73 Å². The van der Waals surface area contributed by atoms with Crippen molar-refractivity contribution in [3.63, 3.8) is 0 Å². The summed E-state index contributed by atoms with van der Waals surface area (Å²) in [6, 6.07) is -1.09. The molecule has 0 aliphatic heterocycles. The summed E-state index contributed by atoms with van der Waals surface area (Å²) >= 11 is 3.19. The van der Waals surface area contributed by atoms with Gasteiger partial charge in [-0.3, -0.25) is 9.59 Å². The normalized spacial score (nSPS) is 15.5. The largest absolute Gasteiger partial charge is 0.480 e. The molecule has 0 saturated heterocycles. The lowest BCUT2D eigenvalue weighted by Crippen LogP contribution is -2.35. The Hall–Kier alpha value is -0.420. The minimum absolute atomic E-state index is 0.122. The molecule has 0 bridgehead atoms. The molecule has 0 radical (unpaired) electrons. The highest BCUT2D eigenvalue weighted by Crippen LogP contribution is 2.15. The summed E-state index contributed by atoms with van der Waals surface area (Å²) in [7, 11) is 0. The van der Waals surface area contributed by atoms with E-state index in [1.54, 1.807) is 0 Å². The van der Waals surface area contributed by atoms with E-state index in [0.29, 0.717) is 0 Å². The molecule has 4 nitrogen and oxygen atoms in total. The lowest BCUT2D eigenvalue weighted by atomic mass is 10.0. The minimum atomic E-state index is -1.14. The predicted octanol–water partition coefficient (Wildman–Crippen LogP) is 0.777. The molecular weight excluding hydrogens is 238 g/mol. The first kappa shape index (κ1) is 12.6. The van der Waals surface area contributed by atoms with Crippen LogP contribution in [0.25, 0.3) is 0 Å². The molecule has 0 aromatic heterocycles. The van der Waals surface area contributed by atoms with E-state index in [1.807, 2.05) is 13.8 Å². The van der Waals surface area contributed by atoms with Crippen LogP contribution in [0, 0.1) is 5.92 Å². The zero-order valence-electron chi connectivity index (χ0n) is 7.66. The van der Waals surface area contributed by atoms with Crippen LogP contribution in [0.2, 0.25) is 0 Å². The van der Waals surface area contributed by atoms with E-state index >= 15 is 0 Å². The number of hydrogen-bond donors (Lipinski definition) is 2. The Kier molecular flexibility index (Phi) is 5.17. The van der Waals surface area contributed by atoms with E-state index in [9.17, 15) is 9.59 Å². The third-order valence-electron chi connectivity index (χ3n) is 1.63. The molecule has 2 unspecified atom stereocenters. The summed E-state index contributed by atoms with van der Waals surface area (Å²) in [5.41, 5.74) is 5.21. The number of rotatable bonds is 5. The van der Waals surface area contributed by atoms with Crippen LogP contribution in [0.1, 0.15) is 20.3 Å². The topological polar surface area (TPSA) is 80.4 Å². The predicted molar refractivity (Wildman–Crippen MR) is 52.8 cm³/mol. The molecule has 0 spiro atoms. The van der Waals surface area contributed by atoms with Crippen molar-refractivity contribution in [3.8, 4) is 0 Å². The number of carbonyl (C=O) groups excluding carboxylic acids is 1. The number of carboxylic acid groups (broad SMARTS) is 1. The van der Waals surface area contributed by atoms with Gasteiger partial charge in [-0.25, -0.2) is 0 Å². The van der Waals surface area contributed by atoms with Crippen molar-refractivity contribution in [1.29, 1.82) is 0 Å². The van der Waals surface area contributed by atoms with Crippen LogP contribution in [-0.2, 0) is 9.59 Å². The van der Waals surface area contributed by atoms with Crippen LogP contribution in [0.4, 0.5) is 0 Å². The van der Waals surface area contributed by atoms with Crippen molar-refractivity contribution in [2.24, 2.45) is 11.7 Å². The lowest BCUT2D eigenvalue weighted by molar-refractivity contribution is -0.140. The van der Waals surface area contributed by atoms with Crippen LogP contribution >= 0.6 is 15.9 Å². The summed E-state index contributed by atoms with van der Waals surface area (Å²) in [6.45, 7) is 3.76. The van der Waals surface area contributed by atoms with Gasteiger partial charge in [0.15, 0.2) is 0 Å². The van der Waals surface area contributed by atoms with Crippen LogP contribution in [0.5, 0.6) is 0 Å². The molecule has 0 aromatic carbocycles. The average molecular weight is 252 g/mol. The second-order valence-corrected chi connectivity index (χ2v) is 4.25. The smallest absolute Gasteiger partial charge is 0.320 e. The van der Waals surface area contributed by atoms with E-state index < -0.39 is 12.0 Å². The number of carboxylic acids is 1. The minimum Gasteiger partial charge on any atom is -0.480 e. The van der Waals surface area contributed by atoms with Crippen molar-refractivity contribution < 1.29 is 14.7 Å². The number of alkyl halides is 1. The first-order chi connectivity index (χ1) is 5.86. The van der Waals surface area contributed by atoms with Crippen molar-refractivity contribution >= 4 is 27.7 Å². The fourth-order valence-electron chi connectivity index (χ4n) is 0.788. The zero-order valence-corrected chi connectivity index (χ0v) is 9.24. The summed E-state index contributed by atoms with van der Waals surface area (Å²) in [5, 5.41) is 8.46. The van der Waals surface area contributed by atoms with E-state index in [0.717, 1.165) is 0 Å². The molecule has 5 heteroatoms. The molecule has 0 saturated carbocycles. The molecule has 0 aromatic rings. The van der Waals surface area contributed by atoms with Crippen LogP contribution in [0.15, 0.2) is 0 Å². The molecule has 13 heavy (non-hydrogen) atoms. The molecule has 0 amide bonds. The van der Waals surface area contributed by atoms with Gasteiger partial charge in [0.25, 0.3) is 0 Å².